The molecular weight excluding hydrogens is 505 g/mol. The van der Waals surface area contributed by atoms with Gasteiger partial charge in [0.15, 0.2) is 11.0 Å². The van der Waals surface area contributed by atoms with Crippen molar-refractivity contribution >= 4 is 52.5 Å². The summed E-state index contributed by atoms with van der Waals surface area (Å²) in [6.07, 6.45) is 1.72. The number of carbonyl (C=O) groups is 2. The summed E-state index contributed by atoms with van der Waals surface area (Å²) in [5.41, 5.74) is 1.97. The summed E-state index contributed by atoms with van der Waals surface area (Å²) in [5.74, 6) is 0.257. The van der Waals surface area contributed by atoms with E-state index in [9.17, 15) is 9.59 Å². The van der Waals surface area contributed by atoms with Crippen molar-refractivity contribution in [1.29, 1.82) is 0 Å². The minimum atomic E-state index is -0.425. The molecule has 2 N–H and O–H groups in total. The molecule has 1 atom stereocenters. The molecular formula is C25H27Cl2N5O2S. The third kappa shape index (κ3) is 6.87. The molecule has 0 aliphatic carbocycles. The van der Waals surface area contributed by atoms with Gasteiger partial charge in [-0.1, -0.05) is 67.0 Å². The molecule has 3 rings (SSSR count). The molecule has 2 aromatic carbocycles. The Kier molecular flexibility index (Phi) is 9.37. The van der Waals surface area contributed by atoms with E-state index in [1.165, 1.54) is 11.8 Å². The van der Waals surface area contributed by atoms with E-state index in [-0.39, 0.29) is 23.5 Å². The molecule has 10 heteroatoms. The molecule has 0 bridgehead atoms. The molecule has 0 aliphatic rings. The molecule has 2 amide bonds. The fraction of sp³-hybridized carbons (Fsp3) is 0.280. The van der Waals surface area contributed by atoms with E-state index in [4.69, 9.17) is 23.2 Å². The minimum Gasteiger partial charge on any atom is -0.342 e. The number of benzene rings is 2. The molecule has 1 heterocycles. The third-order valence-corrected chi connectivity index (χ3v) is 6.73. The quantitative estimate of drug-likeness (QED) is 0.249. The largest absolute Gasteiger partial charge is 0.342 e. The van der Waals surface area contributed by atoms with Gasteiger partial charge in [0.2, 0.25) is 5.91 Å². The van der Waals surface area contributed by atoms with Gasteiger partial charge < -0.3 is 15.2 Å². The average molecular weight is 532 g/mol. The molecule has 0 radical (unpaired) electrons. The molecule has 0 spiro atoms. The summed E-state index contributed by atoms with van der Waals surface area (Å²) >= 11 is 13.5. The Morgan fingerprint density at radius 2 is 1.91 bits per heavy atom. The number of rotatable bonds is 10. The van der Waals surface area contributed by atoms with Crippen LogP contribution in [0.15, 0.2) is 60.3 Å². The Balaban J connectivity index is 1.76. The van der Waals surface area contributed by atoms with Gasteiger partial charge in [-0.15, -0.1) is 16.8 Å². The maximum Gasteiger partial charge on any atom is 0.253 e. The maximum atomic E-state index is 12.9. The lowest BCUT2D eigenvalue weighted by Crippen LogP contribution is -2.34. The highest BCUT2D eigenvalue weighted by Gasteiger charge is 2.27. The van der Waals surface area contributed by atoms with Gasteiger partial charge in [0.05, 0.1) is 22.4 Å². The number of carbonyl (C=O) groups excluding carboxylic acids is 2. The Morgan fingerprint density at radius 1 is 1.17 bits per heavy atom. The van der Waals surface area contributed by atoms with Crippen molar-refractivity contribution in [3.05, 3.63) is 82.1 Å². The standard InChI is InChI=1S/C25H27Cl2N5O2S/c1-5-12-32-23(22(15(2)3)29-24(34)18-8-6-7-9-19(18)27)30-31-25(32)35-14-21(33)28-20-11-10-17(26)13-16(20)4/h5-11,13,15,22H,1,12,14H2,2-4H3,(H,28,33)(H,29,34)/t22-/m0/s1. The second-order valence-corrected chi connectivity index (χ2v) is 10.00. The molecule has 0 aliphatic heterocycles. The first kappa shape index (κ1) is 26.8. The first-order valence-electron chi connectivity index (χ1n) is 11.0. The number of nitrogens with one attached hydrogen (secondary N) is 2. The lowest BCUT2D eigenvalue weighted by atomic mass is 10.0. The van der Waals surface area contributed by atoms with Crippen LogP contribution in [0.3, 0.4) is 0 Å². The SMILES string of the molecule is C=CCn1c(SCC(=O)Nc2ccc(Cl)cc2C)nnc1[C@@H](NC(=O)c1ccccc1Cl)C(C)C. The van der Waals surface area contributed by atoms with Crippen molar-refractivity contribution in [3.8, 4) is 0 Å². The van der Waals surface area contributed by atoms with Gasteiger partial charge in [0.1, 0.15) is 0 Å². The lowest BCUT2D eigenvalue weighted by molar-refractivity contribution is -0.113. The van der Waals surface area contributed by atoms with E-state index in [1.807, 2.05) is 25.3 Å². The number of hydrogen-bond acceptors (Lipinski definition) is 5. The first-order valence-corrected chi connectivity index (χ1v) is 12.7. The number of nitrogens with zero attached hydrogens (tertiary/aromatic N) is 3. The molecule has 0 unspecified atom stereocenters. The third-order valence-electron chi connectivity index (χ3n) is 5.20. The van der Waals surface area contributed by atoms with E-state index in [0.29, 0.717) is 38.8 Å². The highest BCUT2D eigenvalue weighted by atomic mass is 35.5. The Labute approximate surface area is 219 Å². The molecule has 1 aromatic heterocycles. The van der Waals surface area contributed by atoms with Gasteiger partial charge in [-0.25, -0.2) is 0 Å². The lowest BCUT2D eigenvalue weighted by Gasteiger charge is -2.23. The fourth-order valence-corrected chi connectivity index (χ4v) is 4.62. The number of aryl methyl sites for hydroxylation is 1. The van der Waals surface area contributed by atoms with E-state index >= 15 is 0 Å². The summed E-state index contributed by atoms with van der Waals surface area (Å²) in [4.78, 5) is 25.5. The number of allylic oxidation sites excluding steroid dienone is 1. The van der Waals surface area contributed by atoms with Gasteiger partial charge in [0, 0.05) is 17.3 Å². The van der Waals surface area contributed by atoms with Crippen LogP contribution in [0, 0.1) is 12.8 Å². The van der Waals surface area contributed by atoms with Gasteiger partial charge in [-0.05, 0) is 48.7 Å². The highest BCUT2D eigenvalue weighted by Crippen LogP contribution is 2.27. The average Bonchev–Trinajstić information content (AvgIpc) is 3.20. The molecule has 0 fully saturated rings. The van der Waals surface area contributed by atoms with Gasteiger partial charge in [-0.2, -0.15) is 0 Å². The van der Waals surface area contributed by atoms with Crippen molar-refractivity contribution < 1.29 is 9.59 Å². The van der Waals surface area contributed by atoms with Crippen LogP contribution in [0.25, 0.3) is 0 Å². The summed E-state index contributed by atoms with van der Waals surface area (Å²) in [6, 6.07) is 11.7. The Hall–Kier alpha value is -2.81. The van der Waals surface area contributed by atoms with Crippen LogP contribution in [-0.2, 0) is 11.3 Å². The van der Waals surface area contributed by atoms with Crippen LogP contribution in [0.2, 0.25) is 10.0 Å². The van der Waals surface area contributed by atoms with E-state index in [0.717, 1.165) is 5.56 Å². The van der Waals surface area contributed by atoms with Gasteiger partial charge >= 0.3 is 0 Å². The maximum absolute atomic E-state index is 12.9. The second kappa shape index (κ2) is 12.2. The molecule has 35 heavy (non-hydrogen) atoms. The number of halogens is 2. The highest BCUT2D eigenvalue weighted by molar-refractivity contribution is 7.99. The monoisotopic (exact) mass is 531 g/mol. The first-order chi connectivity index (χ1) is 16.7. The smallest absolute Gasteiger partial charge is 0.253 e. The van der Waals surface area contributed by atoms with E-state index in [1.54, 1.807) is 48.5 Å². The van der Waals surface area contributed by atoms with Crippen LogP contribution in [0.1, 0.15) is 41.6 Å². The predicted octanol–water partition coefficient (Wildman–Crippen LogP) is 5.94. The number of thioether (sulfide) groups is 1. The summed E-state index contributed by atoms with van der Waals surface area (Å²) in [7, 11) is 0. The van der Waals surface area contributed by atoms with Crippen LogP contribution in [0.5, 0.6) is 0 Å². The van der Waals surface area contributed by atoms with Gasteiger partial charge in [-0.3, -0.25) is 9.59 Å². The van der Waals surface area contributed by atoms with Crippen LogP contribution in [-0.4, -0.2) is 32.3 Å². The van der Waals surface area contributed by atoms with Crippen LogP contribution < -0.4 is 10.6 Å². The zero-order valence-electron chi connectivity index (χ0n) is 19.7. The predicted molar refractivity (Wildman–Crippen MR) is 142 cm³/mol. The molecule has 7 nitrogen and oxygen atoms in total. The summed E-state index contributed by atoms with van der Waals surface area (Å²) < 4.78 is 1.86. The number of anilines is 1. The zero-order chi connectivity index (χ0) is 25.5. The molecule has 184 valence electrons. The van der Waals surface area contributed by atoms with Gasteiger partial charge in [0.25, 0.3) is 5.91 Å². The summed E-state index contributed by atoms with van der Waals surface area (Å²) in [5, 5.41) is 16.1. The fourth-order valence-electron chi connectivity index (χ4n) is 3.41. The summed E-state index contributed by atoms with van der Waals surface area (Å²) in [6.45, 7) is 10.1. The number of hydrogen-bond donors (Lipinski definition) is 2. The van der Waals surface area contributed by atoms with E-state index in [2.05, 4.69) is 27.4 Å². The second-order valence-electron chi connectivity index (χ2n) is 8.21. The van der Waals surface area contributed by atoms with Crippen molar-refractivity contribution in [2.75, 3.05) is 11.1 Å². The van der Waals surface area contributed by atoms with Crippen molar-refractivity contribution in [2.24, 2.45) is 5.92 Å². The van der Waals surface area contributed by atoms with Crippen LogP contribution >= 0.6 is 35.0 Å². The number of aromatic nitrogens is 3. The zero-order valence-corrected chi connectivity index (χ0v) is 22.0. The Bertz CT molecular complexity index is 1230. The van der Waals surface area contributed by atoms with Crippen molar-refractivity contribution in [2.45, 2.75) is 38.5 Å². The van der Waals surface area contributed by atoms with Crippen LogP contribution in [0.4, 0.5) is 5.69 Å². The van der Waals surface area contributed by atoms with E-state index < -0.39 is 6.04 Å². The normalized spacial score (nSPS) is 11.8. The molecule has 0 saturated heterocycles. The minimum absolute atomic E-state index is 0.0169. The van der Waals surface area contributed by atoms with Crippen molar-refractivity contribution in [3.63, 3.8) is 0 Å². The molecule has 0 saturated carbocycles. The topological polar surface area (TPSA) is 88.9 Å². The molecule has 3 aromatic rings. The number of amides is 2. The van der Waals surface area contributed by atoms with Crippen molar-refractivity contribution in [1.82, 2.24) is 20.1 Å². The Morgan fingerprint density at radius 3 is 2.57 bits per heavy atom.